The molecule has 0 amide bonds. The van der Waals surface area contributed by atoms with Crippen LogP contribution in [0.5, 0.6) is 0 Å². The lowest BCUT2D eigenvalue weighted by Gasteiger charge is -2.42. The minimum Gasteiger partial charge on any atom is -0.393 e. The van der Waals surface area contributed by atoms with E-state index in [1.165, 1.54) is 6.42 Å². The molecule has 106 valence electrons. The minimum atomic E-state index is -0.186. The van der Waals surface area contributed by atoms with Gasteiger partial charge in [0.1, 0.15) is 0 Å². The Balaban J connectivity index is 1.88. The highest BCUT2D eigenvalue weighted by molar-refractivity contribution is 4.87. The lowest BCUT2D eigenvalue weighted by atomic mass is 9.73. The zero-order chi connectivity index (χ0) is 13.3. The summed E-state index contributed by atoms with van der Waals surface area (Å²) in [5.74, 6) is 2.07. The molecule has 1 heterocycles. The maximum absolute atomic E-state index is 10.3. The third-order valence-electron chi connectivity index (χ3n) is 5.11. The van der Waals surface area contributed by atoms with Crippen LogP contribution in [-0.2, 0) is 0 Å². The number of nitrogens with zero attached hydrogens (tertiary/aromatic N) is 1. The van der Waals surface area contributed by atoms with Gasteiger partial charge < -0.3 is 15.1 Å². The molecule has 1 saturated heterocycles. The highest BCUT2D eigenvalue weighted by atomic mass is 16.3. The molecule has 18 heavy (non-hydrogen) atoms. The Morgan fingerprint density at radius 1 is 1.00 bits per heavy atom. The van der Waals surface area contributed by atoms with Gasteiger partial charge in [0.2, 0.25) is 0 Å². The van der Waals surface area contributed by atoms with E-state index in [2.05, 4.69) is 25.7 Å². The van der Waals surface area contributed by atoms with E-state index in [-0.39, 0.29) is 12.2 Å². The van der Waals surface area contributed by atoms with E-state index in [0.717, 1.165) is 32.5 Å². The van der Waals surface area contributed by atoms with Crippen molar-refractivity contribution in [1.82, 2.24) is 4.90 Å². The second-order valence-electron chi connectivity index (χ2n) is 6.88. The average Bonchev–Trinajstić information content (AvgIpc) is 2.28. The third-order valence-corrected chi connectivity index (χ3v) is 5.11. The van der Waals surface area contributed by atoms with Gasteiger partial charge in [-0.2, -0.15) is 0 Å². The van der Waals surface area contributed by atoms with Crippen molar-refractivity contribution < 1.29 is 10.2 Å². The summed E-state index contributed by atoms with van der Waals surface area (Å²) < 4.78 is 0. The zero-order valence-electron chi connectivity index (χ0n) is 12.0. The van der Waals surface area contributed by atoms with Crippen molar-refractivity contribution >= 4 is 0 Å². The highest BCUT2D eigenvalue weighted by Crippen LogP contribution is 2.34. The van der Waals surface area contributed by atoms with Crippen LogP contribution in [0.3, 0.4) is 0 Å². The fourth-order valence-corrected chi connectivity index (χ4v) is 3.75. The van der Waals surface area contributed by atoms with Gasteiger partial charge in [0.15, 0.2) is 0 Å². The predicted molar refractivity (Wildman–Crippen MR) is 73.3 cm³/mol. The molecule has 6 unspecified atom stereocenters. The smallest absolute Gasteiger partial charge is 0.0693 e. The van der Waals surface area contributed by atoms with E-state index in [1.807, 2.05) is 0 Å². The molecular weight excluding hydrogens is 226 g/mol. The molecule has 1 aliphatic heterocycles. The highest BCUT2D eigenvalue weighted by Gasteiger charge is 2.35. The first-order chi connectivity index (χ1) is 8.47. The van der Waals surface area contributed by atoms with Crippen LogP contribution in [0.25, 0.3) is 0 Å². The molecule has 0 radical (unpaired) electrons. The fourth-order valence-electron chi connectivity index (χ4n) is 3.75. The normalized spacial score (nSPS) is 47.2. The number of aliphatic hydroxyl groups is 2. The fraction of sp³-hybridized carbons (Fsp3) is 1.00. The van der Waals surface area contributed by atoms with Crippen LogP contribution in [0.2, 0.25) is 0 Å². The summed E-state index contributed by atoms with van der Waals surface area (Å²) in [7, 11) is 0. The number of hydrogen-bond acceptors (Lipinski definition) is 3. The lowest BCUT2D eigenvalue weighted by molar-refractivity contribution is -0.0277. The van der Waals surface area contributed by atoms with Gasteiger partial charge in [-0.1, -0.05) is 20.8 Å². The van der Waals surface area contributed by atoms with Crippen LogP contribution >= 0.6 is 0 Å². The second-order valence-corrected chi connectivity index (χ2v) is 6.88. The molecule has 0 aromatic carbocycles. The minimum absolute atomic E-state index is 0.153. The molecule has 2 aliphatic rings. The molecule has 1 saturated carbocycles. The van der Waals surface area contributed by atoms with E-state index in [9.17, 15) is 10.2 Å². The number of likely N-dealkylation sites (tertiary alicyclic amines) is 1. The number of hydrogen-bond donors (Lipinski definition) is 2. The van der Waals surface area contributed by atoms with E-state index in [1.54, 1.807) is 0 Å². The molecule has 3 nitrogen and oxygen atoms in total. The summed E-state index contributed by atoms with van der Waals surface area (Å²) in [5, 5.41) is 20.2. The number of rotatable bonds is 2. The summed E-state index contributed by atoms with van der Waals surface area (Å²) in [6, 6.07) is 0. The van der Waals surface area contributed by atoms with E-state index >= 15 is 0 Å². The van der Waals surface area contributed by atoms with Gasteiger partial charge in [-0.3, -0.25) is 0 Å². The summed E-state index contributed by atoms with van der Waals surface area (Å²) in [4.78, 5) is 2.35. The summed E-state index contributed by atoms with van der Waals surface area (Å²) in [6.07, 6.45) is 2.92. The van der Waals surface area contributed by atoms with Crippen molar-refractivity contribution in [3.05, 3.63) is 0 Å². The van der Waals surface area contributed by atoms with Crippen LogP contribution in [0.4, 0.5) is 0 Å². The lowest BCUT2D eigenvalue weighted by Crippen LogP contribution is -2.48. The van der Waals surface area contributed by atoms with Crippen LogP contribution in [-0.4, -0.2) is 47.0 Å². The molecule has 3 heteroatoms. The number of β-amino-alcohol motifs (C(OH)–C–C–N with tert-alkyl or cyclic N) is 1. The number of aliphatic hydroxyl groups excluding tert-OH is 2. The molecule has 2 fully saturated rings. The molecule has 2 rings (SSSR count). The van der Waals surface area contributed by atoms with Gasteiger partial charge >= 0.3 is 0 Å². The molecular formula is C15H29NO2. The van der Waals surface area contributed by atoms with Crippen molar-refractivity contribution in [3.8, 4) is 0 Å². The van der Waals surface area contributed by atoms with Gasteiger partial charge in [0.25, 0.3) is 0 Å². The average molecular weight is 255 g/mol. The summed E-state index contributed by atoms with van der Waals surface area (Å²) >= 11 is 0. The topological polar surface area (TPSA) is 43.7 Å². The Kier molecular flexibility index (Phi) is 4.68. The standard InChI is InChI=1S/C15H29NO2/c1-10-6-12(3)13(14(17)7-10)8-16-5-4-11(2)15(18)9-16/h10-15,17-18H,4-9H2,1-3H3. The van der Waals surface area contributed by atoms with E-state index < -0.39 is 0 Å². The second kappa shape index (κ2) is 5.89. The number of piperidine rings is 1. The van der Waals surface area contributed by atoms with Crippen molar-refractivity contribution in [1.29, 1.82) is 0 Å². The van der Waals surface area contributed by atoms with Gasteiger partial charge in [-0.25, -0.2) is 0 Å². The Morgan fingerprint density at radius 2 is 1.72 bits per heavy atom. The van der Waals surface area contributed by atoms with Gasteiger partial charge in [0, 0.05) is 19.0 Å². The van der Waals surface area contributed by atoms with E-state index in [0.29, 0.717) is 23.7 Å². The maximum atomic E-state index is 10.3. The van der Waals surface area contributed by atoms with Crippen molar-refractivity contribution in [2.24, 2.45) is 23.7 Å². The van der Waals surface area contributed by atoms with Gasteiger partial charge in [-0.15, -0.1) is 0 Å². The monoisotopic (exact) mass is 255 g/mol. The Bertz CT molecular complexity index is 259. The van der Waals surface area contributed by atoms with Crippen molar-refractivity contribution in [2.45, 2.75) is 52.2 Å². The molecule has 0 aromatic rings. The van der Waals surface area contributed by atoms with Crippen LogP contribution in [0.1, 0.15) is 40.0 Å². The Morgan fingerprint density at radius 3 is 2.33 bits per heavy atom. The SMILES string of the molecule is CC1CC(C)C(CN2CCC(C)C(O)C2)C(O)C1. The predicted octanol–water partition coefficient (Wildman–Crippen LogP) is 1.73. The summed E-state index contributed by atoms with van der Waals surface area (Å²) in [6.45, 7) is 9.45. The zero-order valence-corrected chi connectivity index (χ0v) is 12.0. The van der Waals surface area contributed by atoms with Crippen molar-refractivity contribution in [3.63, 3.8) is 0 Å². The first-order valence-corrected chi connectivity index (χ1v) is 7.55. The van der Waals surface area contributed by atoms with Gasteiger partial charge in [0.05, 0.1) is 12.2 Å². The molecule has 0 bridgehead atoms. The van der Waals surface area contributed by atoms with E-state index in [4.69, 9.17) is 0 Å². The molecule has 1 aliphatic carbocycles. The largest absolute Gasteiger partial charge is 0.393 e. The Labute approximate surface area is 111 Å². The van der Waals surface area contributed by atoms with Crippen molar-refractivity contribution in [2.75, 3.05) is 19.6 Å². The Hall–Kier alpha value is -0.120. The summed E-state index contributed by atoms with van der Waals surface area (Å²) in [5.41, 5.74) is 0. The van der Waals surface area contributed by atoms with Gasteiger partial charge in [-0.05, 0) is 43.6 Å². The first-order valence-electron chi connectivity index (χ1n) is 7.55. The van der Waals surface area contributed by atoms with Crippen LogP contribution in [0, 0.1) is 23.7 Å². The molecule has 6 atom stereocenters. The van der Waals surface area contributed by atoms with Crippen LogP contribution < -0.4 is 0 Å². The molecule has 0 aromatic heterocycles. The third kappa shape index (κ3) is 3.25. The van der Waals surface area contributed by atoms with Crippen LogP contribution in [0.15, 0.2) is 0 Å². The maximum Gasteiger partial charge on any atom is 0.0693 e. The molecule has 2 N–H and O–H groups in total. The first kappa shape index (κ1) is 14.3. The molecule has 0 spiro atoms. The quantitative estimate of drug-likeness (QED) is 0.790.